The number of carbonyl (C=O) groups is 1. The fourth-order valence-electron chi connectivity index (χ4n) is 3.43. The summed E-state index contributed by atoms with van der Waals surface area (Å²) in [6.07, 6.45) is 0.00500. The monoisotopic (exact) mass is 342 g/mol. The number of rotatable bonds is 5. The Bertz CT molecular complexity index is 756. The molecule has 2 aromatic rings. The number of aryl methyl sites for hydroxylation is 2. The normalized spacial score (nSPS) is 20.2. The highest BCUT2D eigenvalue weighted by atomic mass is 16.3. The summed E-state index contributed by atoms with van der Waals surface area (Å²) < 4.78 is 1.97. The number of fused-ring (bicyclic) bond motifs is 1. The first-order valence-corrected chi connectivity index (χ1v) is 8.75. The molecule has 1 aromatic heterocycles. The molecule has 6 nitrogen and oxygen atoms in total. The number of nitrogens with one attached hydrogen (secondary N) is 2. The first-order valence-electron chi connectivity index (χ1n) is 8.75. The number of aromatic nitrogens is 2. The van der Waals surface area contributed by atoms with Crippen molar-refractivity contribution in [2.75, 3.05) is 6.54 Å². The number of aliphatic hydroxyl groups is 1. The molecule has 6 heteroatoms. The third-order valence-electron chi connectivity index (χ3n) is 4.69. The van der Waals surface area contributed by atoms with Crippen LogP contribution in [0.3, 0.4) is 0 Å². The van der Waals surface area contributed by atoms with E-state index in [0.717, 1.165) is 29.1 Å². The molecule has 25 heavy (non-hydrogen) atoms. The lowest BCUT2D eigenvalue weighted by Crippen LogP contribution is -2.42. The predicted octanol–water partition coefficient (Wildman–Crippen LogP) is 2.09. The van der Waals surface area contributed by atoms with Crippen LogP contribution in [0.15, 0.2) is 30.3 Å². The van der Waals surface area contributed by atoms with Crippen molar-refractivity contribution in [3.05, 3.63) is 52.8 Å². The molecular formula is C19H26N4O2. The van der Waals surface area contributed by atoms with Gasteiger partial charge in [0, 0.05) is 25.2 Å². The SMILES string of the molecule is Cc1cc(C)n(C[C@@H](C)CNC(=O)N[C@@H]2c3ccccc3C[C@@H]2O)n1. The highest BCUT2D eigenvalue weighted by Gasteiger charge is 2.31. The fraction of sp³-hybridized carbons (Fsp3) is 0.474. The van der Waals surface area contributed by atoms with Gasteiger partial charge in [-0.1, -0.05) is 31.2 Å². The first-order chi connectivity index (χ1) is 11.9. The quantitative estimate of drug-likeness (QED) is 0.778. The molecule has 0 saturated carbocycles. The standard InChI is InChI=1S/C19H26N4O2/c1-12(11-23-14(3)8-13(2)22-23)10-20-19(25)21-18-16-7-5-4-6-15(16)9-17(18)24/h4-8,12,17-18,24H,9-11H2,1-3H3,(H2,20,21,25)/t12-,17-,18+/m0/s1. The highest BCUT2D eigenvalue weighted by Crippen LogP contribution is 2.30. The van der Waals surface area contributed by atoms with Crippen molar-refractivity contribution in [2.45, 2.75) is 45.9 Å². The minimum Gasteiger partial charge on any atom is -0.390 e. The number of nitrogens with zero attached hydrogens (tertiary/aromatic N) is 2. The van der Waals surface area contributed by atoms with E-state index in [1.165, 1.54) is 0 Å². The van der Waals surface area contributed by atoms with Crippen molar-refractivity contribution >= 4 is 6.03 Å². The average Bonchev–Trinajstić information content (AvgIpc) is 3.04. The van der Waals surface area contributed by atoms with Gasteiger partial charge in [0.1, 0.15) is 0 Å². The van der Waals surface area contributed by atoms with Crippen LogP contribution in [0, 0.1) is 19.8 Å². The molecule has 0 aliphatic heterocycles. The number of benzene rings is 1. The summed E-state index contributed by atoms with van der Waals surface area (Å²) in [5, 5.41) is 20.5. The number of aliphatic hydroxyl groups excluding tert-OH is 1. The number of hydrogen-bond donors (Lipinski definition) is 3. The zero-order chi connectivity index (χ0) is 18.0. The summed E-state index contributed by atoms with van der Waals surface area (Å²) in [6.45, 7) is 7.40. The zero-order valence-corrected chi connectivity index (χ0v) is 15.0. The van der Waals surface area contributed by atoms with Gasteiger partial charge in [-0.25, -0.2) is 4.79 Å². The number of carbonyl (C=O) groups excluding carboxylic acids is 1. The van der Waals surface area contributed by atoms with Crippen LogP contribution < -0.4 is 10.6 Å². The van der Waals surface area contributed by atoms with Gasteiger partial charge in [-0.05, 0) is 37.0 Å². The number of hydrogen-bond acceptors (Lipinski definition) is 3. The highest BCUT2D eigenvalue weighted by molar-refractivity contribution is 5.74. The van der Waals surface area contributed by atoms with E-state index in [2.05, 4.69) is 22.7 Å². The van der Waals surface area contributed by atoms with Crippen molar-refractivity contribution < 1.29 is 9.90 Å². The van der Waals surface area contributed by atoms with Crippen molar-refractivity contribution in [1.29, 1.82) is 0 Å². The maximum absolute atomic E-state index is 12.2. The Kier molecular flexibility index (Phi) is 5.08. The molecule has 0 unspecified atom stereocenters. The van der Waals surface area contributed by atoms with Crippen LogP contribution in [-0.4, -0.2) is 33.6 Å². The van der Waals surface area contributed by atoms with E-state index in [1.807, 2.05) is 48.9 Å². The van der Waals surface area contributed by atoms with Crippen LogP contribution in [0.25, 0.3) is 0 Å². The van der Waals surface area contributed by atoms with Gasteiger partial charge in [0.25, 0.3) is 0 Å². The van der Waals surface area contributed by atoms with Gasteiger partial charge in [-0.2, -0.15) is 5.10 Å². The van der Waals surface area contributed by atoms with Crippen LogP contribution in [0.5, 0.6) is 0 Å². The average molecular weight is 342 g/mol. The van der Waals surface area contributed by atoms with Gasteiger partial charge in [0.05, 0.1) is 17.8 Å². The van der Waals surface area contributed by atoms with Gasteiger partial charge in [-0.15, -0.1) is 0 Å². The summed E-state index contributed by atoms with van der Waals surface area (Å²) in [4.78, 5) is 12.2. The third-order valence-corrected chi connectivity index (χ3v) is 4.69. The minimum atomic E-state index is -0.574. The zero-order valence-electron chi connectivity index (χ0n) is 15.0. The number of amides is 2. The van der Waals surface area contributed by atoms with Crippen LogP contribution in [0.1, 0.15) is 35.5 Å². The molecule has 1 aliphatic rings. The minimum absolute atomic E-state index is 0.249. The summed E-state index contributed by atoms with van der Waals surface area (Å²) in [7, 11) is 0. The van der Waals surface area contributed by atoms with Crippen molar-refractivity contribution in [3.8, 4) is 0 Å². The largest absolute Gasteiger partial charge is 0.390 e. The van der Waals surface area contributed by atoms with Crippen LogP contribution >= 0.6 is 0 Å². The molecule has 0 saturated heterocycles. The molecule has 1 aromatic carbocycles. The second-order valence-electron chi connectivity index (χ2n) is 7.02. The summed E-state index contributed by atoms with van der Waals surface area (Å²) in [6, 6.07) is 9.29. The van der Waals surface area contributed by atoms with E-state index in [4.69, 9.17) is 0 Å². The lowest BCUT2D eigenvalue weighted by atomic mass is 10.1. The Hall–Kier alpha value is -2.34. The Morgan fingerprint density at radius 3 is 2.88 bits per heavy atom. The van der Waals surface area contributed by atoms with Gasteiger partial charge < -0.3 is 15.7 Å². The van der Waals surface area contributed by atoms with Crippen molar-refractivity contribution in [1.82, 2.24) is 20.4 Å². The summed E-state index contributed by atoms with van der Waals surface area (Å²) >= 11 is 0. The van der Waals surface area contributed by atoms with Crippen LogP contribution in [0.2, 0.25) is 0 Å². The van der Waals surface area contributed by atoms with E-state index in [1.54, 1.807) is 0 Å². The Labute approximate surface area is 148 Å². The van der Waals surface area contributed by atoms with Gasteiger partial charge in [-0.3, -0.25) is 4.68 Å². The number of urea groups is 1. The second-order valence-corrected chi connectivity index (χ2v) is 7.02. The maximum atomic E-state index is 12.2. The van der Waals surface area contributed by atoms with E-state index >= 15 is 0 Å². The molecule has 3 rings (SSSR count). The third kappa shape index (κ3) is 4.02. The summed E-state index contributed by atoms with van der Waals surface area (Å²) in [5.74, 6) is 0.254. The predicted molar refractivity (Wildman–Crippen MR) is 96.3 cm³/mol. The van der Waals surface area contributed by atoms with Gasteiger partial charge in [0.15, 0.2) is 0 Å². The molecule has 1 aliphatic carbocycles. The molecule has 0 fully saturated rings. The van der Waals surface area contributed by atoms with E-state index in [0.29, 0.717) is 13.0 Å². The lowest BCUT2D eigenvalue weighted by molar-refractivity contribution is 0.142. The lowest BCUT2D eigenvalue weighted by Gasteiger charge is -2.20. The topological polar surface area (TPSA) is 79.2 Å². The molecular weight excluding hydrogens is 316 g/mol. The van der Waals surface area contributed by atoms with Crippen LogP contribution in [0.4, 0.5) is 4.79 Å². The molecule has 0 radical (unpaired) electrons. The smallest absolute Gasteiger partial charge is 0.315 e. The molecule has 3 N–H and O–H groups in total. The fourth-order valence-corrected chi connectivity index (χ4v) is 3.43. The van der Waals surface area contributed by atoms with E-state index in [-0.39, 0.29) is 18.0 Å². The molecule has 0 spiro atoms. The van der Waals surface area contributed by atoms with Crippen molar-refractivity contribution in [3.63, 3.8) is 0 Å². The van der Waals surface area contributed by atoms with E-state index < -0.39 is 6.10 Å². The Morgan fingerprint density at radius 2 is 2.16 bits per heavy atom. The maximum Gasteiger partial charge on any atom is 0.315 e. The molecule has 1 heterocycles. The van der Waals surface area contributed by atoms with E-state index in [9.17, 15) is 9.90 Å². The van der Waals surface area contributed by atoms with Crippen LogP contribution in [-0.2, 0) is 13.0 Å². The molecule has 134 valence electrons. The van der Waals surface area contributed by atoms with Gasteiger partial charge in [0.2, 0.25) is 0 Å². The second kappa shape index (κ2) is 7.27. The molecule has 3 atom stereocenters. The Morgan fingerprint density at radius 1 is 1.40 bits per heavy atom. The molecule has 2 amide bonds. The molecule has 0 bridgehead atoms. The van der Waals surface area contributed by atoms with Crippen molar-refractivity contribution in [2.24, 2.45) is 5.92 Å². The first kappa shape index (κ1) is 17.5. The Balaban J connectivity index is 1.50. The summed E-state index contributed by atoms with van der Waals surface area (Å²) in [5.41, 5.74) is 4.22. The van der Waals surface area contributed by atoms with Gasteiger partial charge >= 0.3 is 6.03 Å².